The molecule has 0 atom stereocenters. The Morgan fingerprint density at radius 1 is 1.27 bits per heavy atom. The predicted molar refractivity (Wildman–Crippen MR) is 87.6 cm³/mol. The van der Waals surface area contributed by atoms with Crippen LogP contribution in [0.5, 0.6) is 0 Å². The lowest BCUT2D eigenvalue weighted by molar-refractivity contribution is -0.119. The topological polar surface area (TPSA) is 55.2 Å². The van der Waals surface area contributed by atoms with Crippen LogP contribution in [0, 0.1) is 0 Å². The van der Waals surface area contributed by atoms with Crippen LogP contribution in [0.15, 0.2) is 41.3 Å². The summed E-state index contributed by atoms with van der Waals surface area (Å²) in [5, 5.41) is 3.78. The lowest BCUT2D eigenvalue weighted by Crippen LogP contribution is -2.41. The number of hydrogen-bond donors (Lipinski definition) is 0. The van der Waals surface area contributed by atoms with Crippen molar-refractivity contribution in [2.24, 2.45) is 0 Å². The Bertz CT molecular complexity index is 729. The molecule has 1 aromatic carbocycles. The fourth-order valence-electron chi connectivity index (χ4n) is 2.08. The fourth-order valence-corrected chi connectivity index (χ4v) is 2.35. The molecule has 0 radical (unpaired) electrons. The third kappa shape index (κ3) is 3.48. The summed E-state index contributed by atoms with van der Waals surface area (Å²) in [6, 6.07) is 9.18. The maximum Gasteiger partial charge on any atom is 0.287 e. The number of benzene rings is 1. The Labute approximate surface area is 138 Å². The van der Waals surface area contributed by atoms with Gasteiger partial charge in [-0.1, -0.05) is 41.4 Å². The third-order valence-electron chi connectivity index (χ3n) is 3.05. The molecular weight excluding hydrogens is 325 g/mol. The molecule has 2 aromatic rings. The Kier molecular flexibility index (Phi) is 5.21. The van der Waals surface area contributed by atoms with Crippen molar-refractivity contribution in [2.45, 2.75) is 26.4 Å². The summed E-state index contributed by atoms with van der Waals surface area (Å²) >= 11 is 11.5. The average molecular weight is 340 g/mol. The van der Waals surface area contributed by atoms with Gasteiger partial charge in [0.05, 0.1) is 11.2 Å². The van der Waals surface area contributed by atoms with E-state index in [-0.39, 0.29) is 28.5 Å². The molecule has 116 valence electrons. The van der Waals surface area contributed by atoms with Crippen LogP contribution in [0.4, 0.5) is 5.69 Å². The van der Waals surface area contributed by atoms with Crippen LogP contribution >= 0.6 is 23.2 Å². The van der Waals surface area contributed by atoms with E-state index in [1.807, 2.05) is 44.2 Å². The minimum Gasteiger partial charge on any atom is -0.308 e. The van der Waals surface area contributed by atoms with Crippen LogP contribution in [0.1, 0.15) is 13.8 Å². The maximum absolute atomic E-state index is 12.6. The Hall–Kier alpha value is -1.85. The van der Waals surface area contributed by atoms with E-state index in [1.54, 1.807) is 4.90 Å². The van der Waals surface area contributed by atoms with Gasteiger partial charge in [-0.3, -0.25) is 9.59 Å². The summed E-state index contributed by atoms with van der Waals surface area (Å²) < 4.78 is 1.01. The molecular formula is C15H15Cl2N3O2. The molecule has 1 aromatic heterocycles. The summed E-state index contributed by atoms with van der Waals surface area (Å²) in [6.45, 7) is 3.59. The van der Waals surface area contributed by atoms with E-state index in [1.165, 1.54) is 6.20 Å². The summed E-state index contributed by atoms with van der Waals surface area (Å²) in [5.74, 6) is -0.255. The highest BCUT2D eigenvalue weighted by molar-refractivity contribution is 6.41. The largest absolute Gasteiger partial charge is 0.308 e. The Morgan fingerprint density at radius 2 is 1.91 bits per heavy atom. The molecule has 5 nitrogen and oxygen atoms in total. The van der Waals surface area contributed by atoms with Crippen LogP contribution in [0.25, 0.3) is 0 Å². The number of rotatable bonds is 4. The van der Waals surface area contributed by atoms with Crippen LogP contribution in [0.3, 0.4) is 0 Å². The molecule has 0 saturated heterocycles. The van der Waals surface area contributed by atoms with Crippen LogP contribution in [0.2, 0.25) is 10.0 Å². The van der Waals surface area contributed by atoms with Crippen molar-refractivity contribution in [1.29, 1.82) is 0 Å². The van der Waals surface area contributed by atoms with Gasteiger partial charge in [0, 0.05) is 11.7 Å². The zero-order valence-corrected chi connectivity index (χ0v) is 13.7. The number of aromatic nitrogens is 2. The highest BCUT2D eigenvalue weighted by Crippen LogP contribution is 2.18. The Balaban J connectivity index is 2.31. The minimum atomic E-state index is -0.584. The van der Waals surface area contributed by atoms with Crippen molar-refractivity contribution in [3.8, 4) is 0 Å². The highest BCUT2D eigenvalue weighted by atomic mass is 35.5. The van der Waals surface area contributed by atoms with Gasteiger partial charge in [0.25, 0.3) is 5.56 Å². The van der Waals surface area contributed by atoms with Gasteiger partial charge in [0.1, 0.15) is 11.6 Å². The van der Waals surface area contributed by atoms with Crippen molar-refractivity contribution >= 4 is 34.8 Å². The van der Waals surface area contributed by atoms with Crippen LogP contribution in [-0.2, 0) is 11.3 Å². The monoisotopic (exact) mass is 339 g/mol. The molecule has 7 heteroatoms. The van der Waals surface area contributed by atoms with Gasteiger partial charge >= 0.3 is 0 Å². The van der Waals surface area contributed by atoms with E-state index in [0.717, 1.165) is 10.4 Å². The number of halogens is 2. The number of amides is 1. The first-order valence-electron chi connectivity index (χ1n) is 6.70. The molecule has 1 heterocycles. The lowest BCUT2D eigenvalue weighted by atomic mass is 10.2. The minimum absolute atomic E-state index is 0.0617. The molecule has 0 saturated carbocycles. The van der Waals surface area contributed by atoms with Gasteiger partial charge in [-0.15, -0.1) is 0 Å². The van der Waals surface area contributed by atoms with Gasteiger partial charge < -0.3 is 4.90 Å². The van der Waals surface area contributed by atoms with Crippen molar-refractivity contribution in [1.82, 2.24) is 9.78 Å². The van der Waals surface area contributed by atoms with Gasteiger partial charge in [-0.2, -0.15) is 5.10 Å². The molecule has 0 aliphatic carbocycles. The maximum atomic E-state index is 12.6. The number of anilines is 1. The summed E-state index contributed by atoms with van der Waals surface area (Å²) in [7, 11) is 0. The van der Waals surface area contributed by atoms with Crippen LogP contribution in [-0.4, -0.2) is 21.7 Å². The fraction of sp³-hybridized carbons (Fsp3) is 0.267. The second-order valence-corrected chi connectivity index (χ2v) is 5.75. The summed E-state index contributed by atoms with van der Waals surface area (Å²) in [4.78, 5) is 26.1. The SMILES string of the molecule is CC(C)N(C(=O)Cn1ncc(Cl)c(Cl)c1=O)c1ccccc1. The second kappa shape index (κ2) is 6.94. The predicted octanol–water partition coefficient (Wildman–Crippen LogP) is 2.99. The van der Waals surface area contributed by atoms with E-state index in [4.69, 9.17) is 23.2 Å². The van der Waals surface area contributed by atoms with E-state index in [2.05, 4.69) is 5.10 Å². The molecule has 2 rings (SSSR count). The zero-order chi connectivity index (χ0) is 16.3. The summed E-state index contributed by atoms with van der Waals surface area (Å²) in [5.41, 5.74) is 0.176. The molecule has 0 aliphatic heterocycles. The molecule has 0 fully saturated rings. The molecule has 0 N–H and O–H groups in total. The zero-order valence-electron chi connectivity index (χ0n) is 12.2. The number of para-hydroxylation sites is 1. The van der Waals surface area contributed by atoms with E-state index in [9.17, 15) is 9.59 Å². The van der Waals surface area contributed by atoms with Crippen LogP contribution < -0.4 is 10.5 Å². The molecule has 1 amide bonds. The van der Waals surface area contributed by atoms with Crippen molar-refractivity contribution in [3.63, 3.8) is 0 Å². The van der Waals surface area contributed by atoms with E-state index in [0.29, 0.717) is 0 Å². The van der Waals surface area contributed by atoms with Gasteiger partial charge in [-0.25, -0.2) is 4.68 Å². The normalized spacial score (nSPS) is 10.8. The van der Waals surface area contributed by atoms with Crippen molar-refractivity contribution in [2.75, 3.05) is 4.90 Å². The number of nitrogens with zero attached hydrogens (tertiary/aromatic N) is 3. The molecule has 0 spiro atoms. The first-order chi connectivity index (χ1) is 10.4. The lowest BCUT2D eigenvalue weighted by Gasteiger charge is -2.27. The average Bonchev–Trinajstić information content (AvgIpc) is 2.49. The van der Waals surface area contributed by atoms with Crippen molar-refractivity contribution < 1.29 is 4.79 Å². The quantitative estimate of drug-likeness (QED) is 0.860. The van der Waals surface area contributed by atoms with Gasteiger partial charge in [0.15, 0.2) is 0 Å². The Morgan fingerprint density at radius 3 is 2.50 bits per heavy atom. The second-order valence-electron chi connectivity index (χ2n) is 4.96. The first-order valence-corrected chi connectivity index (χ1v) is 7.45. The number of hydrogen-bond acceptors (Lipinski definition) is 3. The standard InChI is InChI=1S/C15H15Cl2N3O2/c1-10(2)20(11-6-4-3-5-7-11)13(21)9-19-15(22)14(17)12(16)8-18-19/h3-8,10H,9H2,1-2H3. The molecule has 0 unspecified atom stereocenters. The number of carbonyl (C=O) groups excluding carboxylic acids is 1. The van der Waals surface area contributed by atoms with E-state index < -0.39 is 5.56 Å². The van der Waals surface area contributed by atoms with E-state index >= 15 is 0 Å². The summed E-state index contributed by atoms with van der Waals surface area (Å²) in [6.07, 6.45) is 1.25. The third-order valence-corrected chi connectivity index (χ3v) is 3.80. The smallest absolute Gasteiger partial charge is 0.287 e. The highest BCUT2D eigenvalue weighted by Gasteiger charge is 2.20. The van der Waals surface area contributed by atoms with Gasteiger partial charge in [-0.05, 0) is 26.0 Å². The van der Waals surface area contributed by atoms with Crippen molar-refractivity contribution in [3.05, 3.63) is 56.9 Å². The molecule has 0 aliphatic rings. The van der Waals surface area contributed by atoms with Gasteiger partial charge in [0.2, 0.25) is 5.91 Å². The first kappa shape index (κ1) is 16.5. The number of carbonyl (C=O) groups is 1. The molecule has 0 bridgehead atoms. The molecule has 22 heavy (non-hydrogen) atoms.